The minimum absolute atomic E-state index is 0.00760. The molecule has 6 heteroatoms. The Balaban J connectivity index is 1.40. The van der Waals surface area contributed by atoms with Gasteiger partial charge >= 0.3 is 5.97 Å². The molecule has 1 N–H and O–H groups in total. The van der Waals surface area contributed by atoms with Gasteiger partial charge in [0.05, 0.1) is 5.69 Å². The molecule has 0 aliphatic heterocycles. The van der Waals surface area contributed by atoms with Crippen LogP contribution in [0.1, 0.15) is 23.2 Å². The standard InChI is InChI=1S/C21H19N3O3/c1-14-6-8-19-23-16(10-20(25)24(19)12-14)13-27-21(26)9-7-15-11-22-18-5-3-2-4-17(15)18/h2-6,8,10-12,22H,7,9,13H2,1H3. The van der Waals surface area contributed by atoms with Gasteiger partial charge < -0.3 is 9.72 Å². The maximum atomic E-state index is 12.2. The topological polar surface area (TPSA) is 76.5 Å². The summed E-state index contributed by atoms with van der Waals surface area (Å²) >= 11 is 0. The summed E-state index contributed by atoms with van der Waals surface area (Å²) in [4.78, 5) is 31.9. The lowest BCUT2D eigenvalue weighted by Crippen LogP contribution is -2.17. The highest BCUT2D eigenvalue weighted by atomic mass is 16.5. The Labute approximate surface area is 155 Å². The smallest absolute Gasteiger partial charge is 0.306 e. The molecule has 0 aliphatic rings. The molecular formula is C21H19N3O3. The number of H-pyrrole nitrogens is 1. The van der Waals surface area contributed by atoms with Crippen LogP contribution in [0.3, 0.4) is 0 Å². The molecule has 6 nitrogen and oxygen atoms in total. The average molecular weight is 361 g/mol. The molecule has 3 aromatic heterocycles. The van der Waals surface area contributed by atoms with E-state index in [1.54, 1.807) is 12.3 Å². The summed E-state index contributed by atoms with van der Waals surface area (Å²) in [6.07, 6.45) is 4.52. The van der Waals surface area contributed by atoms with Crippen molar-refractivity contribution in [2.24, 2.45) is 0 Å². The van der Waals surface area contributed by atoms with E-state index in [4.69, 9.17) is 4.74 Å². The minimum Gasteiger partial charge on any atom is -0.459 e. The van der Waals surface area contributed by atoms with E-state index in [2.05, 4.69) is 9.97 Å². The normalized spacial score (nSPS) is 11.1. The Morgan fingerprint density at radius 3 is 2.96 bits per heavy atom. The van der Waals surface area contributed by atoms with Crippen molar-refractivity contribution in [1.29, 1.82) is 0 Å². The van der Waals surface area contributed by atoms with Gasteiger partial charge in [-0.1, -0.05) is 24.3 Å². The summed E-state index contributed by atoms with van der Waals surface area (Å²) in [6.45, 7) is 1.90. The van der Waals surface area contributed by atoms with Crippen LogP contribution in [0.5, 0.6) is 0 Å². The van der Waals surface area contributed by atoms with E-state index in [9.17, 15) is 9.59 Å². The van der Waals surface area contributed by atoms with Gasteiger partial charge in [-0.05, 0) is 36.6 Å². The highest BCUT2D eigenvalue weighted by molar-refractivity contribution is 5.83. The monoisotopic (exact) mass is 361 g/mol. The van der Waals surface area contributed by atoms with Crippen molar-refractivity contribution >= 4 is 22.5 Å². The number of para-hydroxylation sites is 1. The van der Waals surface area contributed by atoms with Crippen LogP contribution < -0.4 is 5.56 Å². The predicted molar refractivity (Wildman–Crippen MR) is 103 cm³/mol. The summed E-state index contributed by atoms with van der Waals surface area (Å²) in [6, 6.07) is 13.0. The van der Waals surface area contributed by atoms with Gasteiger partial charge in [0, 0.05) is 35.8 Å². The maximum absolute atomic E-state index is 12.2. The highest BCUT2D eigenvalue weighted by Gasteiger charge is 2.09. The van der Waals surface area contributed by atoms with Crippen molar-refractivity contribution in [3.05, 3.63) is 82.0 Å². The first kappa shape index (κ1) is 17.0. The Bertz CT molecular complexity index is 1190. The first-order chi connectivity index (χ1) is 13.1. The maximum Gasteiger partial charge on any atom is 0.306 e. The van der Waals surface area contributed by atoms with Crippen LogP contribution in [0, 0.1) is 6.92 Å². The number of carbonyl (C=O) groups is 1. The molecule has 0 saturated carbocycles. The first-order valence-corrected chi connectivity index (χ1v) is 8.80. The molecule has 0 spiro atoms. The summed E-state index contributed by atoms with van der Waals surface area (Å²) in [5, 5.41) is 1.12. The van der Waals surface area contributed by atoms with Gasteiger partial charge in [0.1, 0.15) is 12.3 Å². The van der Waals surface area contributed by atoms with Gasteiger partial charge in [-0.25, -0.2) is 4.98 Å². The SMILES string of the molecule is Cc1ccc2nc(COC(=O)CCc3c[nH]c4ccccc34)cc(=O)n2c1. The van der Waals surface area contributed by atoms with E-state index >= 15 is 0 Å². The lowest BCUT2D eigenvalue weighted by atomic mass is 10.1. The molecular weight excluding hydrogens is 342 g/mol. The van der Waals surface area contributed by atoms with Gasteiger partial charge in [-0.2, -0.15) is 0 Å². The Hall–Kier alpha value is -3.41. The molecule has 136 valence electrons. The van der Waals surface area contributed by atoms with Crippen LogP contribution in [-0.4, -0.2) is 20.3 Å². The molecule has 0 fully saturated rings. The third-order valence-electron chi connectivity index (χ3n) is 4.51. The predicted octanol–water partition coefficient (Wildman–Crippen LogP) is 3.16. The molecule has 0 saturated heterocycles. The number of aromatic amines is 1. The number of rotatable bonds is 5. The van der Waals surface area contributed by atoms with Crippen LogP contribution in [0.2, 0.25) is 0 Å². The molecule has 4 aromatic rings. The number of carbonyl (C=O) groups excluding carboxylic acids is 1. The van der Waals surface area contributed by atoms with E-state index < -0.39 is 0 Å². The fourth-order valence-electron chi connectivity index (χ4n) is 3.13. The lowest BCUT2D eigenvalue weighted by Gasteiger charge is -2.06. The van der Waals surface area contributed by atoms with Crippen molar-refractivity contribution in [2.75, 3.05) is 0 Å². The van der Waals surface area contributed by atoms with E-state index in [1.807, 2.05) is 43.5 Å². The molecule has 0 unspecified atom stereocenters. The van der Waals surface area contributed by atoms with Gasteiger partial charge in [0.25, 0.3) is 5.56 Å². The number of aromatic nitrogens is 3. The molecule has 0 atom stereocenters. The fraction of sp³-hybridized carbons (Fsp3) is 0.190. The zero-order valence-electron chi connectivity index (χ0n) is 14.9. The van der Waals surface area contributed by atoms with Crippen molar-refractivity contribution in [3.8, 4) is 0 Å². The number of ether oxygens (including phenoxy) is 1. The number of esters is 1. The molecule has 0 radical (unpaired) electrons. The summed E-state index contributed by atoms with van der Waals surface area (Å²) < 4.78 is 6.79. The van der Waals surface area contributed by atoms with E-state index in [1.165, 1.54) is 10.5 Å². The van der Waals surface area contributed by atoms with Crippen LogP contribution in [0.4, 0.5) is 0 Å². The summed E-state index contributed by atoms with van der Waals surface area (Å²) in [5.74, 6) is -0.314. The van der Waals surface area contributed by atoms with Gasteiger partial charge in [-0.15, -0.1) is 0 Å². The van der Waals surface area contributed by atoms with Crippen LogP contribution in [0.25, 0.3) is 16.6 Å². The lowest BCUT2D eigenvalue weighted by molar-refractivity contribution is -0.145. The van der Waals surface area contributed by atoms with E-state index in [-0.39, 0.29) is 24.6 Å². The first-order valence-electron chi connectivity index (χ1n) is 8.80. The minimum atomic E-state index is -0.314. The number of hydrogen-bond donors (Lipinski definition) is 1. The fourth-order valence-corrected chi connectivity index (χ4v) is 3.13. The molecule has 4 rings (SSSR count). The zero-order valence-corrected chi connectivity index (χ0v) is 14.9. The highest BCUT2D eigenvalue weighted by Crippen LogP contribution is 2.19. The van der Waals surface area contributed by atoms with Gasteiger partial charge in [0.2, 0.25) is 0 Å². The summed E-state index contributed by atoms with van der Waals surface area (Å²) in [7, 11) is 0. The number of hydrogen-bond acceptors (Lipinski definition) is 4. The number of nitrogens with zero attached hydrogens (tertiary/aromatic N) is 2. The van der Waals surface area contributed by atoms with Crippen LogP contribution in [-0.2, 0) is 22.6 Å². The number of benzene rings is 1. The Morgan fingerprint density at radius 1 is 1.22 bits per heavy atom. The molecule has 1 aromatic carbocycles. The van der Waals surface area contributed by atoms with Crippen molar-refractivity contribution in [1.82, 2.24) is 14.4 Å². The number of nitrogens with one attached hydrogen (secondary N) is 1. The third-order valence-corrected chi connectivity index (χ3v) is 4.51. The van der Waals surface area contributed by atoms with Gasteiger partial charge in [0.15, 0.2) is 0 Å². The number of fused-ring (bicyclic) bond motifs is 2. The van der Waals surface area contributed by atoms with Crippen molar-refractivity contribution < 1.29 is 9.53 Å². The largest absolute Gasteiger partial charge is 0.459 e. The van der Waals surface area contributed by atoms with E-state index in [0.29, 0.717) is 17.8 Å². The molecule has 0 aliphatic carbocycles. The summed E-state index contributed by atoms with van der Waals surface area (Å²) in [5.41, 5.74) is 3.91. The van der Waals surface area contributed by atoms with Crippen molar-refractivity contribution in [3.63, 3.8) is 0 Å². The Kier molecular flexibility index (Phi) is 4.46. The molecule has 0 bridgehead atoms. The molecule has 27 heavy (non-hydrogen) atoms. The average Bonchev–Trinajstić information content (AvgIpc) is 3.08. The quantitative estimate of drug-likeness (QED) is 0.554. The second kappa shape index (κ2) is 7.07. The third kappa shape index (κ3) is 3.60. The van der Waals surface area contributed by atoms with Gasteiger partial charge in [-0.3, -0.25) is 14.0 Å². The number of pyridine rings is 1. The zero-order chi connectivity index (χ0) is 18.8. The molecule has 0 amide bonds. The van der Waals surface area contributed by atoms with Crippen LogP contribution >= 0.6 is 0 Å². The van der Waals surface area contributed by atoms with Crippen molar-refractivity contribution in [2.45, 2.75) is 26.4 Å². The second-order valence-corrected chi connectivity index (χ2v) is 6.54. The molecule has 3 heterocycles. The van der Waals surface area contributed by atoms with E-state index in [0.717, 1.165) is 22.0 Å². The van der Waals surface area contributed by atoms with Crippen LogP contribution in [0.15, 0.2) is 59.7 Å². The Morgan fingerprint density at radius 2 is 2.07 bits per heavy atom. The second-order valence-electron chi connectivity index (χ2n) is 6.54. The number of aryl methyl sites for hydroxylation is 2.